The number of rotatable bonds is 2. The molecule has 2 nitrogen and oxygen atoms in total. The quantitative estimate of drug-likeness (QED) is 0.795. The number of hydrogen-bond donors (Lipinski definition) is 1. The second kappa shape index (κ2) is 3.23. The summed E-state index contributed by atoms with van der Waals surface area (Å²) in [6.07, 6.45) is 1.94. The smallest absolute Gasteiger partial charge is 0.139 e. The summed E-state index contributed by atoms with van der Waals surface area (Å²) in [6.45, 7) is 5.57. The molecule has 2 aromatic rings. The molecule has 2 rings (SSSR count). The van der Waals surface area contributed by atoms with E-state index < -0.39 is 5.41 Å². The third kappa shape index (κ3) is 1.46. The molecule has 1 heterocycles. The summed E-state index contributed by atoms with van der Waals surface area (Å²) in [7, 11) is 0. The number of H-pyrrole nitrogens is 1. The van der Waals surface area contributed by atoms with E-state index >= 15 is 0 Å². The van der Waals surface area contributed by atoms with Gasteiger partial charge in [0.15, 0.2) is 0 Å². The van der Waals surface area contributed by atoms with Crippen molar-refractivity contribution in [2.45, 2.75) is 26.2 Å². The summed E-state index contributed by atoms with van der Waals surface area (Å²) in [6, 6.07) is 8.06. The van der Waals surface area contributed by atoms with Gasteiger partial charge in [-0.1, -0.05) is 18.2 Å². The van der Waals surface area contributed by atoms with Crippen LogP contribution in [0.3, 0.4) is 0 Å². The lowest BCUT2D eigenvalue weighted by Gasteiger charge is -2.20. The van der Waals surface area contributed by atoms with Crippen LogP contribution in [0.1, 0.15) is 26.3 Å². The third-order valence-corrected chi connectivity index (χ3v) is 3.14. The van der Waals surface area contributed by atoms with Crippen molar-refractivity contribution in [3.8, 4) is 0 Å². The molecule has 1 aromatic carbocycles. The average molecular weight is 201 g/mol. The maximum atomic E-state index is 11.6. The van der Waals surface area contributed by atoms with E-state index in [0.717, 1.165) is 16.5 Å². The fourth-order valence-electron chi connectivity index (χ4n) is 1.78. The van der Waals surface area contributed by atoms with Gasteiger partial charge >= 0.3 is 0 Å². The molecular weight excluding hydrogens is 186 g/mol. The second-order valence-electron chi connectivity index (χ2n) is 4.43. The highest BCUT2D eigenvalue weighted by atomic mass is 16.1. The van der Waals surface area contributed by atoms with Crippen molar-refractivity contribution < 1.29 is 4.79 Å². The van der Waals surface area contributed by atoms with Crippen molar-refractivity contribution in [1.82, 2.24) is 4.98 Å². The first kappa shape index (κ1) is 9.97. The molecule has 0 bridgehead atoms. The van der Waals surface area contributed by atoms with Crippen molar-refractivity contribution in [2.24, 2.45) is 0 Å². The van der Waals surface area contributed by atoms with Crippen LogP contribution in [-0.2, 0) is 10.2 Å². The number of aromatic nitrogens is 1. The zero-order valence-electron chi connectivity index (χ0n) is 9.29. The summed E-state index contributed by atoms with van der Waals surface area (Å²) in [5.74, 6) is 0.187. The average Bonchev–Trinajstić information content (AvgIpc) is 2.61. The maximum absolute atomic E-state index is 11.6. The summed E-state index contributed by atoms with van der Waals surface area (Å²) in [4.78, 5) is 14.8. The molecule has 0 radical (unpaired) electrons. The topological polar surface area (TPSA) is 32.9 Å². The Morgan fingerprint density at radius 2 is 1.93 bits per heavy atom. The van der Waals surface area contributed by atoms with Gasteiger partial charge in [0.25, 0.3) is 0 Å². The minimum atomic E-state index is -0.417. The number of hydrogen-bond acceptors (Lipinski definition) is 1. The Morgan fingerprint density at radius 1 is 1.27 bits per heavy atom. The van der Waals surface area contributed by atoms with Crippen LogP contribution < -0.4 is 0 Å². The molecule has 1 aromatic heterocycles. The molecule has 78 valence electrons. The van der Waals surface area contributed by atoms with Crippen molar-refractivity contribution in [1.29, 1.82) is 0 Å². The zero-order chi connectivity index (χ0) is 11.1. The maximum Gasteiger partial charge on any atom is 0.139 e. The van der Waals surface area contributed by atoms with Gasteiger partial charge in [0, 0.05) is 17.1 Å². The molecule has 15 heavy (non-hydrogen) atoms. The molecule has 0 amide bonds. The number of fused-ring (bicyclic) bond motifs is 1. The van der Waals surface area contributed by atoms with Crippen molar-refractivity contribution in [2.75, 3.05) is 0 Å². The first-order chi connectivity index (χ1) is 7.03. The van der Waals surface area contributed by atoms with Gasteiger partial charge in [-0.15, -0.1) is 0 Å². The van der Waals surface area contributed by atoms with E-state index in [4.69, 9.17) is 0 Å². The molecule has 0 fully saturated rings. The van der Waals surface area contributed by atoms with Crippen molar-refractivity contribution in [3.05, 3.63) is 36.0 Å². The Bertz CT molecular complexity index is 508. The fourth-order valence-corrected chi connectivity index (χ4v) is 1.78. The molecule has 2 heteroatoms. The number of carbonyl (C=O) groups is 1. The summed E-state index contributed by atoms with van der Waals surface area (Å²) >= 11 is 0. The van der Waals surface area contributed by atoms with E-state index in [1.165, 1.54) is 0 Å². The zero-order valence-corrected chi connectivity index (χ0v) is 9.29. The molecule has 0 aliphatic rings. The number of carbonyl (C=O) groups excluding carboxylic acids is 1. The van der Waals surface area contributed by atoms with Crippen LogP contribution in [0.2, 0.25) is 0 Å². The Balaban J connectivity index is 2.67. The first-order valence-electron chi connectivity index (χ1n) is 5.11. The molecule has 0 spiro atoms. The van der Waals surface area contributed by atoms with E-state index in [1.54, 1.807) is 6.92 Å². The number of nitrogens with one attached hydrogen (secondary N) is 1. The molecule has 0 saturated heterocycles. The number of para-hydroxylation sites is 1. The van der Waals surface area contributed by atoms with Crippen LogP contribution in [0.4, 0.5) is 0 Å². The molecule has 0 saturated carbocycles. The highest BCUT2D eigenvalue weighted by Crippen LogP contribution is 2.30. The molecule has 1 N–H and O–H groups in total. The van der Waals surface area contributed by atoms with E-state index in [-0.39, 0.29) is 5.78 Å². The largest absolute Gasteiger partial charge is 0.361 e. The van der Waals surface area contributed by atoms with Gasteiger partial charge in [-0.3, -0.25) is 4.79 Å². The minimum Gasteiger partial charge on any atom is -0.361 e. The van der Waals surface area contributed by atoms with Crippen molar-refractivity contribution in [3.63, 3.8) is 0 Å². The highest BCUT2D eigenvalue weighted by molar-refractivity contribution is 5.94. The van der Waals surface area contributed by atoms with Crippen molar-refractivity contribution >= 4 is 16.7 Å². The number of aromatic amines is 1. The van der Waals surface area contributed by atoms with Gasteiger partial charge in [0.05, 0.1) is 5.41 Å². The lowest BCUT2D eigenvalue weighted by atomic mass is 9.81. The van der Waals surface area contributed by atoms with Gasteiger partial charge in [0.2, 0.25) is 0 Å². The first-order valence-corrected chi connectivity index (χ1v) is 5.11. The SMILES string of the molecule is CC(=O)C(C)(C)c1c[nH]c2ccccc12. The minimum absolute atomic E-state index is 0.187. The van der Waals surface area contributed by atoms with Gasteiger partial charge < -0.3 is 4.98 Å². The van der Waals surface area contributed by atoms with Crippen LogP contribution in [0.5, 0.6) is 0 Å². The molecule has 0 aliphatic carbocycles. The second-order valence-corrected chi connectivity index (χ2v) is 4.43. The normalized spacial score (nSPS) is 11.9. The van der Waals surface area contributed by atoms with Gasteiger partial charge in [-0.2, -0.15) is 0 Å². The number of Topliss-reactive ketones (excluding diaryl/α,β-unsaturated/α-hetero) is 1. The summed E-state index contributed by atoms with van der Waals surface area (Å²) in [5, 5.41) is 1.14. The Kier molecular flexibility index (Phi) is 2.14. The van der Waals surface area contributed by atoms with E-state index in [9.17, 15) is 4.79 Å². The third-order valence-electron chi connectivity index (χ3n) is 3.14. The lowest BCUT2D eigenvalue weighted by molar-refractivity contribution is -0.121. The van der Waals surface area contributed by atoms with Gasteiger partial charge in [0.1, 0.15) is 5.78 Å². The predicted molar refractivity (Wildman–Crippen MR) is 62.0 cm³/mol. The standard InChI is InChI=1S/C13H15NO/c1-9(15)13(2,3)11-8-14-12-7-5-4-6-10(11)12/h4-8,14H,1-3H3. The number of benzene rings is 1. The highest BCUT2D eigenvalue weighted by Gasteiger charge is 2.28. The monoisotopic (exact) mass is 201 g/mol. The Hall–Kier alpha value is -1.57. The molecule has 0 aliphatic heterocycles. The van der Waals surface area contributed by atoms with Crippen LogP contribution in [0.25, 0.3) is 10.9 Å². The van der Waals surface area contributed by atoms with Crippen LogP contribution in [0, 0.1) is 0 Å². The fraction of sp³-hybridized carbons (Fsp3) is 0.308. The van der Waals surface area contributed by atoms with Gasteiger partial charge in [-0.05, 0) is 32.4 Å². The lowest BCUT2D eigenvalue weighted by Crippen LogP contribution is -2.25. The summed E-state index contributed by atoms with van der Waals surface area (Å²) < 4.78 is 0. The van der Waals surface area contributed by atoms with Gasteiger partial charge in [-0.25, -0.2) is 0 Å². The Labute approximate surface area is 89.3 Å². The Morgan fingerprint density at radius 3 is 2.60 bits per heavy atom. The van der Waals surface area contributed by atoms with Crippen LogP contribution >= 0.6 is 0 Å². The van der Waals surface area contributed by atoms with E-state index in [1.807, 2.05) is 44.3 Å². The molecule has 0 unspecified atom stereocenters. The molecular formula is C13H15NO. The van der Waals surface area contributed by atoms with Crippen LogP contribution in [-0.4, -0.2) is 10.8 Å². The number of ketones is 1. The van der Waals surface area contributed by atoms with E-state index in [2.05, 4.69) is 4.98 Å². The van der Waals surface area contributed by atoms with Crippen LogP contribution in [0.15, 0.2) is 30.5 Å². The van der Waals surface area contributed by atoms with E-state index in [0.29, 0.717) is 0 Å². The summed E-state index contributed by atoms with van der Waals surface area (Å²) in [5.41, 5.74) is 1.74. The molecule has 0 atom stereocenters. The predicted octanol–water partition coefficient (Wildman–Crippen LogP) is 3.03.